The summed E-state index contributed by atoms with van der Waals surface area (Å²) in [6.07, 6.45) is 6.49. The molecule has 7 heteroatoms. The quantitative estimate of drug-likeness (QED) is 0.893. The predicted octanol–water partition coefficient (Wildman–Crippen LogP) is 1.45. The van der Waals surface area contributed by atoms with Crippen LogP contribution < -0.4 is 5.32 Å². The Balaban J connectivity index is 1.70. The fourth-order valence-corrected chi connectivity index (χ4v) is 3.43. The molecule has 2 N–H and O–H groups in total. The van der Waals surface area contributed by atoms with Crippen LogP contribution in [0.1, 0.15) is 31.4 Å². The molecule has 20 heavy (non-hydrogen) atoms. The third-order valence-electron chi connectivity index (χ3n) is 3.73. The molecule has 0 aliphatic heterocycles. The van der Waals surface area contributed by atoms with Crippen LogP contribution in [0.25, 0.3) is 4.96 Å². The first kappa shape index (κ1) is 13.1. The van der Waals surface area contributed by atoms with Crippen LogP contribution in [0, 0.1) is 0 Å². The highest BCUT2D eigenvalue weighted by atomic mass is 32.1. The van der Waals surface area contributed by atoms with E-state index >= 15 is 0 Å². The minimum absolute atomic E-state index is 0.115. The average molecular weight is 293 g/mol. The summed E-state index contributed by atoms with van der Waals surface area (Å²) in [6, 6.07) is 0. The SMILES string of the molecule is O=C(Cc1cn2ccsc2n1)NC1(C(=O)O)CCCC1. The molecule has 0 bridgehead atoms. The third-order valence-corrected chi connectivity index (χ3v) is 4.50. The number of imidazole rings is 1. The zero-order chi connectivity index (χ0) is 14.2. The molecule has 0 radical (unpaired) electrons. The number of rotatable bonds is 4. The Morgan fingerprint density at radius 1 is 1.45 bits per heavy atom. The van der Waals surface area contributed by atoms with Crippen molar-refractivity contribution in [2.45, 2.75) is 37.6 Å². The van der Waals surface area contributed by atoms with E-state index in [2.05, 4.69) is 10.3 Å². The van der Waals surface area contributed by atoms with Gasteiger partial charge in [0.2, 0.25) is 5.91 Å². The Bertz CT molecular complexity index is 626. The molecule has 0 unspecified atom stereocenters. The van der Waals surface area contributed by atoms with E-state index in [4.69, 9.17) is 0 Å². The molecule has 1 saturated carbocycles. The smallest absolute Gasteiger partial charge is 0.329 e. The number of carboxylic acids is 1. The van der Waals surface area contributed by atoms with E-state index in [1.54, 1.807) is 6.20 Å². The number of amides is 1. The Morgan fingerprint density at radius 3 is 2.85 bits per heavy atom. The van der Waals surface area contributed by atoms with Crippen molar-refractivity contribution in [2.75, 3.05) is 0 Å². The number of nitrogens with one attached hydrogen (secondary N) is 1. The highest BCUT2D eigenvalue weighted by Crippen LogP contribution is 2.30. The van der Waals surface area contributed by atoms with Gasteiger partial charge in [0.1, 0.15) is 5.54 Å². The number of nitrogens with zero attached hydrogens (tertiary/aromatic N) is 2. The van der Waals surface area contributed by atoms with E-state index in [1.807, 2.05) is 16.0 Å². The lowest BCUT2D eigenvalue weighted by Crippen LogP contribution is -2.52. The summed E-state index contributed by atoms with van der Waals surface area (Å²) in [5.41, 5.74) is -0.415. The minimum Gasteiger partial charge on any atom is -0.480 e. The van der Waals surface area contributed by atoms with Gasteiger partial charge in [-0.2, -0.15) is 0 Å². The van der Waals surface area contributed by atoms with Gasteiger partial charge in [-0.1, -0.05) is 12.8 Å². The third kappa shape index (κ3) is 2.29. The normalized spacial score (nSPS) is 17.4. The molecule has 1 aliphatic rings. The van der Waals surface area contributed by atoms with Crippen LogP contribution in [0.2, 0.25) is 0 Å². The van der Waals surface area contributed by atoms with E-state index in [0.717, 1.165) is 17.8 Å². The van der Waals surface area contributed by atoms with Crippen molar-refractivity contribution in [3.63, 3.8) is 0 Å². The van der Waals surface area contributed by atoms with Crippen LogP contribution in [-0.4, -0.2) is 31.9 Å². The molecule has 3 rings (SSSR count). The van der Waals surface area contributed by atoms with Crippen LogP contribution in [0.4, 0.5) is 0 Å². The van der Waals surface area contributed by atoms with E-state index < -0.39 is 11.5 Å². The van der Waals surface area contributed by atoms with Crippen molar-refractivity contribution in [1.82, 2.24) is 14.7 Å². The van der Waals surface area contributed by atoms with Crippen molar-refractivity contribution >= 4 is 28.2 Å². The van der Waals surface area contributed by atoms with E-state index in [1.165, 1.54) is 11.3 Å². The van der Waals surface area contributed by atoms with E-state index in [9.17, 15) is 14.7 Å². The number of hydrogen-bond donors (Lipinski definition) is 2. The molecule has 0 spiro atoms. The Labute approximate surface area is 119 Å². The second-order valence-corrected chi connectivity index (χ2v) is 6.02. The summed E-state index contributed by atoms with van der Waals surface area (Å²) in [5, 5.41) is 13.9. The van der Waals surface area contributed by atoms with E-state index in [0.29, 0.717) is 18.5 Å². The number of carbonyl (C=O) groups is 2. The van der Waals surface area contributed by atoms with Crippen molar-refractivity contribution in [3.05, 3.63) is 23.5 Å². The van der Waals surface area contributed by atoms with Gasteiger partial charge in [-0.15, -0.1) is 11.3 Å². The molecule has 0 atom stereocenters. The topological polar surface area (TPSA) is 83.7 Å². The first-order valence-corrected chi connectivity index (χ1v) is 7.42. The van der Waals surface area contributed by atoms with E-state index in [-0.39, 0.29) is 12.3 Å². The van der Waals surface area contributed by atoms with Gasteiger partial charge in [-0.25, -0.2) is 9.78 Å². The maximum absolute atomic E-state index is 12.1. The van der Waals surface area contributed by atoms with Gasteiger partial charge in [0.05, 0.1) is 12.1 Å². The molecule has 2 heterocycles. The first-order valence-electron chi connectivity index (χ1n) is 6.55. The van der Waals surface area contributed by atoms with Crippen molar-refractivity contribution in [2.24, 2.45) is 0 Å². The fourth-order valence-electron chi connectivity index (χ4n) is 2.71. The van der Waals surface area contributed by atoms with Crippen LogP contribution in [-0.2, 0) is 16.0 Å². The first-order chi connectivity index (χ1) is 9.59. The van der Waals surface area contributed by atoms with Gasteiger partial charge in [0, 0.05) is 17.8 Å². The summed E-state index contributed by atoms with van der Waals surface area (Å²) in [4.78, 5) is 28.6. The van der Waals surface area contributed by atoms with Crippen molar-refractivity contribution < 1.29 is 14.7 Å². The van der Waals surface area contributed by atoms with Gasteiger partial charge in [-0.3, -0.25) is 9.20 Å². The second kappa shape index (κ2) is 4.90. The molecular weight excluding hydrogens is 278 g/mol. The molecule has 6 nitrogen and oxygen atoms in total. The molecule has 1 amide bonds. The summed E-state index contributed by atoms with van der Waals surface area (Å²) in [7, 11) is 0. The number of aliphatic carboxylic acids is 1. The van der Waals surface area contributed by atoms with Gasteiger partial charge >= 0.3 is 5.97 Å². The zero-order valence-electron chi connectivity index (χ0n) is 10.8. The van der Waals surface area contributed by atoms with Crippen molar-refractivity contribution in [1.29, 1.82) is 0 Å². The highest BCUT2D eigenvalue weighted by molar-refractivity contribution is 7.15. The summed E-state index contributed by atoms with van der Waals surface area (Å²) < 4.78 is 1.86. The summed E-state index contributed by atoms with van der Waals surface area (Å²) >= 11 is 1.50. The lowest BCUT2D eigenvalue weighted by Gasteiger charge is -2.25. The molecule has 0 aromatic carbocycles. The number of hydrogen-bond acceptors (Lipinski definition) is 4. The molecule has 1 aliphatic carbocycles. The number of carboxylic acid groups (broad SMARTS) is 1. The van der Waals surface area contributed by atoms with Crippen molar-refractivity contribution in [3.8, 4) is 0 Å². The largest absolute Gasteiger partial charge is 0.480 e. The van der Waals surface area contributed by atoms with Gasteiger partial charge in [0.25, 0.3) is 0 Å². The Morgan fingerprint density at radius 2 is 2.20 bits per heavy atom. The molecule has 106 valence electrons. The number of thiazole rings is 1. The molecular formula is C13H15N3O3S. The molecule has 1 fully saturated rings. The zero-order valence-corrected chi connectivity index (χ0v) is 11.7. The fraction of sp³-hybridized carbons (Fsp3) is 0.462. The monoisotopic (exact) mass is 293 g/mol. The second-order valence-electron chi connectivity index (χ2n) is 5.14. The van der Waals surface area contributed by atoms with Gasteiger partial charge in [-0.05, 0) is 12.8 Å². The number of fused-ring (bicyclic) bond motifs is 1. The maximum Gasteiger partial charge on any atom is 0.329 e. The van der Waals surface area contributed by atoms with Crippen LogP contribution in [0.5, 0.6) is 0 Å². The van der Waals surface area contributed by atoms with Crippen LogP contribution in [0.3, 0.4) is 0 Å². The maximum atomic E-state index is 12.1. The standard InChI is InChI=1S/C13H15N3O3S/c17-10(15-13(11(18)19)3-1-2-4-13)7-9-8-16-5-6-20-12(16)14-9/h5-6,8H,1-4,7H2,(H,15,17)(H,18,19). The molecule has 2 aromatic rings. The molecule has 2 aromatic heterocycles. The lowest BCUT2D eigenvalue weighted by atomic mass is 9.97. The average Bonchev–Trinajstić information content (AvgIpc) is 3.04. The predicted molar refractivity (Wildman–Crippen MR) is 73.8 cm³/mol. The minimum atomic E-state index is -1.08. The van der Waals surface area contributed by atoms with Crippen LogP contribution in [0.15, 0.2) is 17.8 Å². The number of carbonyl (C=O) groups excluding carboxylic acids is 1. The van der Waals surface area contributed by atoms with Gasteiger partial charge in [0.15, 0.2) is 4.96 Å². The number of aromatic nitrogens is 2. The van der Waals surface area contributed by atoms with Gasteiger partial charge < -0.3 is 10.4 Å². The summed E-state index contributed by atoms with van der Waals surface area (Å²) in [6.45, 7) is 0. The molecule has 0 saturated heterocycles. The Hall–Kier alpha value is -1.89. The highest BCUT2D eigenvalue weighted by Gasteiger charge is 2.42. The Kier molecular flexibility index (Phi) is 3.21. The summed E-state index contributed by atoms with van der Waals surface area (Å²) in [5.74, 6) is -1.21. The lowest BCUT2D eigenvalue weighted by molar-refractivity contribution is -0.147. The van der Waals surface area contributed by atoms with Crippen LogP contribution >= 0.6 is 11.3 Å².